The number of hydrogen-bond donors (Lipinski definition) is 1. The van der Waals surface area contributed by atoms with Gasteiger partial charge in [0.25, 0.3) is 11.7 Å². The lowest BCUT2D eigenvalue weighted by Crippen LogP contribution is -2.35. The topological polar surface area (TPSA) is 70.1 Å². The van der Waals surface area contributed by atoms with Crippen molar-refractivity contribution in [2.24, 2.45) is 0 Å². The molecule has 0 saturated carbocycles. The van der Waals surface area contributed by atoms with Crippen LogP contribution in [-0.4, -0.2) is 60.4 Å². The van der Waals surface area contributed by atoms with E-state index in [4.69, 9.17) is 16.3 Å². The Morgan fingerprint density at radius 3 is 2.52 bits per heavy atom. The summed E-state index contributed by atoms with van der Waals surface area (Å²) < 4.78 is 5.75. The molecule has 31 heavy (non-hydrogen) atoms. The fourth-order valence-corrected chi connectivity index (χ4v) is 3.65. The second-order valence-corrected chi connectivity index (χ2v) is 8.16. The molecule has 0 aliphatic carbocycles. The number of hydrogen-bond acceptors (Lipinski definition) is 5. The van der Waals surface area contributed by atoms with Crippen LogP contribution in [-0.2, 0) is 9.59 Å². The van der Waals surface area contributed by atoms with Crippen LogP contribution in [0.15, 0.2) is 54.1 Å². The van der Waals surface area contributed by atoms with Crippen molar-refractivity contribution in [3.63, 3.8) is 0 Å². The van der Waals surface area contributed by atoms with E-state index >= 15 is 0 Å². The molecule has 1 amide bonds. The summed E-state index contributed by atoms with van der Waals surface area (Å²) in [6.07, 6.45) is 0.863. The van der Waals surface area contributed by atoms with Crippen molar-refractivity contribution in [1.82, 2.24) is 9.80 Å². The van der Waals surface area contributed by atoms with Gasteiger partial charge >= 0.3 is 0 Å². The molecule has 0 unspecified atom stereocenters. The molecule has 6 nitrogen and oxygen atoms in total. The van der Waals surface area contributed by atoms with Crippen LogP contribution in [0.3, 0.4) is 0 Å². The lowest BCUT2D eigenvalue weighted by atomic mass is 9.95. The molecule has 3 rings (SSSR count). The molecule has 2 aromatic rings. The lowest BCUT2D eigenvalue weighted by Gasteiger charge is -2.27. The Labute approximate surface area is 187 Å². The molecule has 1 aliphatic rings. The number of carbonyl (C=O) groups excluding carboxylic acids is 2. The molecular formula is C24H27ClN2O4. The standard InChI is InChI=1S/C24H27ClN2O4/c1-4-14-31-19-7-5-6-17(15-19)21-20(22(28)16-8-10-18(25)11-9-16)23(29)24(30)27(21)13-12-26(2)3/h5-11,15,21,28H,4,12-14H2,1-3H3/b22-20+/t21-/m1/s1. The van der Waals surface area contributed by atoms with Gasteiger partial charge in [0.1, 0.15) is 11.5 Å². The minimum atomic E-state index is -0.708. The molecular weight excluding hydrogens is 416 g/mol. The summed E-state index contributed by atoms with van der Waals surface area (Å²) in [5, 5.41) is 11.5. The van der Waals surface area contributed by atoms with Crippen LogP contribution in [0.2, 0.25) is 5.02 Å². The third-order valence-corrected chi connectivity index (χ3v) is 5.34. The first-order valence-electron chi connectivity index (χ1n) is 10.2. The highest BCUT2D eigenvalue weighted by Crippen LogP contribution is 2.40. The van der Waals surface area contributed by atoms with Gasteiger partial charge < -0.3 is 19.6 Å². The minimum Gasteiger partial charge on any atom is -0.507 e. The number of amides is 1. The summed E-state index contributed by atoms with van der Waals surface area (Å²) in [5.74, 6) is -0.880. The summed E-state index contributed by atoms with van der Waals surface area (Å²) in [6.45, 7) is 3.51. The highest BCUT2D eigenvalue weighted by atomic mass is 35.5. The number of likely N-dealkylation sites (tertiary alicyclic amines) is 1. The highest BCUT2D eigenvalue weighted by Gasteiger charge is 2.46. The van der Waals surface area contributed by atoms with Crippen LogP contribution < -0.4 is 4.74 Å². The van der Waals surface area contributed by atoms with Crippen molar-refractivity contribution in [3.8, 4) is 5.75 Å². The van der Waals surface area contributed by atoms with Gasteiger partial charge in [-0.3, -0.25) is 9.59 Å². The van der Waals surface area contributed by atoms with Crippen molar-refractivity contribution < 1.29 is 19.4 Å². The number of benzene rings is 2. The Balaban J connectivity index is 2.11. The summed E-state index contributed by atoms with van der Waals surface area (Å²) in [4.78, 5) is 29.4. The van der Waals surface area contributed by atoms with Crippen molar-refractivity contribution >= 4 is 29.1 Å². The predicted octanol–water partition coefficient (Wildman–Crippen LogP) is 4.11. The van der Waals surface area contributed by atoms with Crippen LogP contribution in [0.4, 0.5) is 0 Å². The molecule has 1 N–H and O–H groups in total. The Hall–Kier alpha value is -2.83. The van der Waals surface area contributed by atoms with Gasteiger partial charge in [0.05, 0.1) is 18.2 Å². The van der Waals surface area contributed by atoms with Gasteiger partial charge in [0, 0.05) is 23.7 Å². The number of rotatable bonds is 8. The number of Topliss-reactive ketones (excluding diaryl/α,β-unsaturated/α-hetero) is 1. The number of nitrogens with zero attached hydrogens (tertiary/aromatic N) is 2. The number of halogens is 1. The van der Waals surface area contributed by atoms with Gasteiger partial charge in [-0.2, -0.15) is 0 Å². The number of aliphatic hydroxyl groups excluding tert-OH is 1. The molecule has 1 atom stereocenters. The molecule has 0 radical (unpaired) electrons. The summed E-state index contributed by atoms with van der Waals surface area (Å²) in [6, 6.07) is 13.1. The predicted molar refractivity (Wildman–Crippen MR) is 121 cm³/mol. The van der Waals surface area contributed by atoms with Crippen molar-refractivity contribution in [2.75, 3.05) is 33.8 Å². The van der Waals surface area contributed by atoms with E-state index in [-0.39, 0.29) is 11.3 Å². The molecule has 2 aromatic carbocycles. The van der Waals surface area contributed by atoms with Crippen LogP contribution in [0.1, 0.15) is 30.5 Å². The first-order chi connectivity index (χ1) is 14.8. The van der Waals surface area contributed by atoms with Gasteiger partial charge in [0.15, 0.2) is 0 Å². The number of likely N-dealkylation sites (N-methyl/N-ethyl adjacent to an activating group) is 1. The monoisotopic (exact) mass is 442 g/mol. The van der Waals surface area contributed by atoms with E-state index in [9.17, 15) is 14.7 Å². The Bertz CT molecular complexity index is 985. The largest absolute Gasteiger partial charge is 0.507 e. The van der Waals surface area contributed by atoms with E-state index in [1.54, 1.807) is 24.3 Å². The third kappa shape index (κ3) is 5.09. The average molecular weight is 443 g/mol. The second-order valence-electron chi connectivity index (χ2n) is 7.72. The molecule has 1 aliphatic heterocycles. The normalized spacial score (nSPS) is 18.1. The smallest absolute Gasteiger partial charge is 0.295 e. The number of ether oxygens (including phenoxy) is 1. The maximum atomic E-state index is 13.0. The molecule has 1 fully saturated rings. The minimum absolute atomic E-state index is 0.0683. The van der Waals surface area contributed by atoms with E-state index in [1.807, 2.05) is 50.2 Å². The molecule has 1 heterocycles. The van der Waals surface area contributed by atoms with Gasteiger partial charge in [-0.25, -0.2) is 0 Å². The maximum absolute atomic E-state index is 13.0. The zero-order valence-corrected chi connectivity index (χ0v) is 18.7. The molecule has 0 spiro atoms. The molecule has 0 aromatic heterocycles. The van der Waals surface area contributed by atoms with Crippen LogP contribution in [0.25, 0.3) is 5.76 Å². The summed E-state index contributed by atoms with van der Waals surface area (Å²) >= 11 is 5.96. The van der Waals surface area contributed by atoms with E-state index in [0.29, 0.717) is 41.6 Å². The molecule has 164 valence electrons. The zero-order chi connectivity index (χ0) is 22.5. The molecule has 0 bridgehead atoms. The van der Waals surface area contributed by atoms with Crippen LogP contribution >= 0.6 is 11.6 Å². The van der Waals surface area contributed by atoms with Crippen molar-refractivity contribution in [2.45, 2.75) is 19.4 Å². The number of aliphatic hydroxyl groups is 1. The highest BCUT2D eigenvalue weighted by molar-refractivity contribution is 6.46. The number of carbonyl (C=O) groups is 2. The maximum Gasteiger partial charge on any atom is 0.295 e. The van der Waals surface area contributed by atoms with E-state index in [1.165, 1.54) is 4.90 Å². The van der Waals surface area contributed by atoms with E-state index < -0.39 is 17.7 Å². The zero-order valence-electron chi connectivity index (χ0n) is 18.0. The van der Waals surface area contributed by atoms with Gasteiger partial charge in [-0.15, -0.1) is 0 Å². The third-order valence-electron chi connectivity index (χ3n) is 5.09. The molecule has 7 heteroatoms. The summed E-state index contributed by atoms with van der Waals surface area (Å²) in [7, 11) is 3.80. The Kier molecular flexibility index (Phi) is 7.36. The number of ketones is 1. The van der Waals surface area contributed by atoms with E-state index in [0.717, 1.165) is 6.42 Å². The Morgan fingerprint density at radius 1 is 1.16 bits per heavy atom. The van der Waals surface area contributed by atoms with Crippen LogP contribution in [0.5, 0.6) is 5.75 Å². The SMILES string of the molecule is CCCOc1cccc([C@@H]2/C(=C(\O)c3ccc(Cl)cc3)C(=O)C(=O)N2CCN(C)C)c1. The summed E-state index contributed by atoms with van der Waals surface area (Å²) in [5.41, 5.74) is 1.21. The first kappa shape index (κ1) is 22.8. The van der Waals surface area contributed by atoms with E-state index in [2.05, 4.69) is 0 Å². The van der Waals surface area contributed by atoms with Gasteiger partial charge in [-0.05, 0) is 62.5 Å². The van der Waals surface area contributed by atoms with Gasteiger partial charge in [-0.1, -0.05) is 30.7 Å². The Morgan fingerprint density at radius 2 is 1.87 bits per heavy atom. The fraction of sp³-hybridized carbons (Fsp3) is 0.333. The van der Waals surface area contributed by atoms with Gasteiger partial charge in [0.2, 0.25) is 0 Å². The second kappa shape index (κ2) is 9.98. The quantitative estimate of drug-likeness (QED) is 0.378. The molecule has 1 saturated heterocycles. The average Bonchev–Trinajstić information content (AvgIpc) is 3.01. The van der Waals surface area contributed by atoms with Crippen LogP contribution in [0, 0.1) is 0 Å². The fourth-order valence-electron chi connectivity index (χ4n) is 3.52. The van der Waals surface area contributed by atoms with Crippen molar-refractivity contribution in [1.29, 1.82) is 0 Å². The van der Waals surface area contributed by atoms with Crippen molar-refractivity contribution in [3.05, 3.63) is 70.3 Å². The lowest BCUT2D eigenvalue weighted by molar-refractivity contribution is -0.140. The first-order valence-corrected chi connectivity index (χ1v) is 10.6.